The van der Waals surface area contributed by atoms with Crippen molar-refractivity contribution in [2.75, 3.05) is 0 Å². The first kappa shape index (κ1) is 24.0. The van der Waals surface area contributed by atoms with Crippen LogP contribution in [0.1, 0.15) is 26.3 Å². The highest BCUT2D eigenvalue weighted by Gasteiger charge is 2.24. The Labute approximate surface area is 240 Å². The molecule has 1 aliphatic heterocycles. The molecule has 41 heavy (non-hydrogen) atoms. The van der Waals surface area contributed by atoms with E-state index in [1.807, 2.05) is 6.07 Å². The van der Waals surface area contributed by atoms with Crippen LogP contribution in [-0.2, 0) is 5.41 Å². The summed E-state index contributed by atoms with van der Waals surface area (Å²) in [6, 6.07) is 46.3. The van der Waals surface area contributed by atoms with E-state index < -0.39 is 0 Å². The molecule has 1 heteroatoms. The van der Waals surface area contributed by atoms with Crippen molar-refractivity contribution in [2.24, 2.45) is 0 Å². The summed E-state index contributed by atoms with van der Waals surface area (Å²) in [5.74, 6) is 1.83. The van der Waals surface area contributed by atoms with Gasteiger partial charge in [-0.25, -0.2) is 0 Å². The van der Waals surface area contributed by atoms with Gasteiger partial charge < -0.3 is 4.74 Å². The standard InChI is InChI=1S/C40H30O/c1-40(2,3)26-21-19-25(20-22-26)37-29-12-4-6-14-31(29)38(32-15-7-5-13-30(32)37)34-23-24-36-39-28(16-10-17-33(34)39)27-11-8-9-18-35(27)41-36/h4-24H,1-3H3. The first-order valence-corrected chi connectivity index (χ1v) is 14.4. The van der Waals surface area contributed by atoms with Crippen LogP contribution in [0.3, 0.4) is 0 Å². The van der Waals surface area contributed by atoms with Crippen LogP contribution in [0, 0.1) is 0 Å². The molecular weight excluding hydrogens is 496 g/mol. The molecule has 7 aromatic rings. The lowest BCUT2D eigenvalue weighted by Crippen LogP contribution is -2.10. The third-order valence-electron chi connectivity index (χ3n) is 8.64. The number of fused-ring (bicyclic) bond motifs is 4. The van der Waals surface area contributed by atoms with Crippen LogP contribution in [0.2, 0.25) is 0 Å². The van der Waals surface area contributed by atoms with E-state index in [1.54, 1.807) is 0 Å². The Morgan fingerprint density at radius 3 is 1.63 bits per heavy atom. The summed E-state index contributed by atoms with van der Waals surface area (Å²) in [7, 11) is 0. The Morgan fingerprint density at radius 1 is 0.415 bits per heavy atom. The molecule has 0 radical (unpaired) electrons. The molecule has 0 aromatic heterocycles. The largest absolute Gasteiger partial charge is 0.456 e. The number of hydrogen-bond donors (Lipinski definition) is 0. The van der Waals surface area contributed by atoms with E-state index in [0.717, 1.165) is 17.1 Å². The number of ether oxygens (including phenoxy) is 1. The number of rotatable bonds is 2. The summed E-state index contributed by atoms with van der Waals surface area (Å²) in [6.07, 6.45) is 0. The fraction of sp³-hybridized carbons (Fsp3) is 0.100. The molecule has 1 nitrogen and oxygen atoms in total. The molecule has 0 bridgehead atoms. The molecule has 8 rings (SSSR count). The Morgan fingerprint density at radius 2 is 0.976 bits per heavy atom. The first-order valence-electron chi connectivity index (χ1n) is 14.4. The first-order chi connectivity index (χ1) is 20.0. The van der Waals surface area contributed by atoms with Crippen molar-refractivity contribution >= 4 is 32.3 Å². The molecule has 196 valence electrons. The summed E-state index contributed by atoms with van der Waals surface area (Å²) in [5, 5.41) is 7.46. The maximum Gasteiger partial charge on any atom is 0.135 e. The van der Waals surface area contributed by atoms with Crippen LogP contribution in [0.25, 0.3) is 65.7 Å². The smallest absolute Gasteiger partial charge is 0.135 e. The van der Waals surface area contributed by atoms with Gasteiger partial charge in [0, 0.05) is 10.9 Å². The van der Waals surface area contributed by atoms with Crippen molar-refractivity contribution in [3.63, 3.8) is 0 Å². The molecule has 1 aliphatic rings. The van der Waals surface area contributed by atoms with Crippen molar-refractivity contribution in [1.82, 2.24) is 0 Å². The highest BCUT2D eigenvalue weighted by molar-refractivity contribution is 6.24. The second kappa shape index (κ2) is 8.81. The highest BCUT2D eigenvalue weighted by atomic mass is 16.5. The molecule has 0 atom stereocenters. The molecule has 7 aromatic carbocycles. The quantitative estimate of drug-likeness (QED) is 0.204. The Hall–Kier alpha value is -4.88. The molecule has 0 amide bonds. The lowest BCUT2D eigenvalue weighted by Gasteiger charge is -2.24. The molecule has 0 aliphatic carbocycles. The topological polar surface area (TPSA) is 9.23 Å². The molecular formula is C40H30O. The second-order valence-electron chi connectivity index (χ2n) is 12.1. The van der Waals surface area contributed by atoms with Gasteiger partial charge in [-0.3, -0.25) is 0 Å². The van der Waals surface area contributed by atoms with Crippen LogP contribution in [0.4, 0.5) is 0 Å². The Balaban J connectivity index is 1.46. The molecule has 0 spiro atoms. The minimum absolute atomic E-state index is 0.116. The zero-order chi connectivity index (χ0) is 27.7. The van der Waals surface area contributed by atoms with E-state index in [-0.39, 0.29) is 5.41 Å². The predicted octanol–water partition coefficient (Wildman–Crippen LogP) is 11.6. The van der Waals surface area contributed by atoms with Crippen molar-refractivity contribution in [3.8, 4) is 44.9 Å². The van der Waals surface area contributed by atoms with Gasteiger partial charge in [-0.15, -0.1) is 0 Å². The summed E-state index contributed by atoms with van der Waals surface area (Å²) in [6.45, 7) is 6.81. The molecule has 0 N–H and O–H groups in total. The normalized spacial score (nSPS) is 12.5. The Kier molecular flexibility index (Phi) is 5.15. The zero-order valence-corrected chi connectivity index (χ0v) is 23.5. The van der Waals surface area contributed by atoms with Gasteiger partial charge in [0.15, 0.2) is 0 Å². The van der Waals surface area contributed by atoms with E-state index in [0.29, 0.717) is 0 Å². The molecule has 0 fully saturated rings. The van der Waals surface area contributed by atoms with Crippen LogP contribution >= 0.6 is 0 Å². The van der Waals surface area contributed by atoms with Crippen LogP contribution in [0.15, 0.2) is 127 Å². The molecule has 0 saturated heterocycles. The van der Waals surface area contributed by atoms with Crippen LogP contribution < -0.4 is 4.74 Å². The fourth-order valence-corrected chi connectivity index (χ4v) is 6.66. The highest BCUT2D eigenvalue weighted by Crippen LogP contribution is 2.51. The van der Waals surface area contributed by atoms with Crippen LogP contribution in [-0.4, -0.2) is 0 Å². The number of hydrogen-bond acceptors (Lipinski definition) is 1. The van der Waals surface area contributed by atoms with Crippen molar-refractivity contribution in [3.05, 3.63) is 133 Å². The van der Waals surface area contributed by atoms with Gasteiger partial charge >= 0.3 is 0 Å². The van der Waals surface area contributed by atoms with Gasteiger partial charge in [-0.05, 0) is 83.9 Å². The Bertz CT molecular complexity index is 2090. The van der Waals surface area contributed by atoms with E-state index in [4.69, 9.17) is 4.74 Å². The minimum Gasteiger partial charge on any atom is -0.456 e. The summed E-state index contributed by atoms with van der Waals surface area (Å²) >= 11 is 0. The van der Waals surface area contributed by atoms with Gasteiger partial charge in [0.2, 0.25) is 0 Å². The summed E-state index contributed by atoms with van der Waals surface area (Å²) in [5.41, 5.74) is 8.88. The average Bonchev–Trinajstić information content (AvgIpc) is 3.00. The fourth-order valence-electron chi connectivity index (χ4n) is 6.66. The monoisotopic (exact) mass is 526 g/mol. The van der Waals surface area contributed by atoms with E-state index in [2.05, 4.69) is 142 Å². The maximum atomic E-state index is 6.43. The number of para-hydroxylation sites is 1. The van der Waals surface area contributed by atoms with Crippen LogP contribution in [0.5, 0.6) is 11.5 Å². The second-order valence-corrected chi connectivity index (χ2v) is 12.1. The SMILES string of the molecule is CC(C)(C)c1ccc(-c2c3ccccc3c(-c3ccc4c5c(cccc35)-c3ccccc3O4)c3ccccc23)cc1. The zero-order valence-electron chi connectivity index (χ0n) is 23.5. The van der Waals surface area contributed by atoms with E-state index >= 15 is 0 Å². The minimum atomic E-state index is 0.116. The van der Waals surface area contributed by atoms with Crippen molar-refractivity contribution < 1.29 is 4.74 Å². The lowest BCUT2D eigenvalue weighted by molar-refractivity contribution is 0.487. The van der Waals surface area contributed by atoms with E-state index in [1.165, 1.54) is 65.7 Å². The average molecular weight is 527 g/mol. The number of benzene rings is 7. The van der Waals surface area contributed by atoms with Gasteiger partial charge in [0.1, 0.15) is 11.5 Å². The van der Waals surface area contributed by atoms with Gasteiger partial charge in [0.05, 0.1) is 0 Å². The maximum absolute atomic E-state index is 6.43. The van der Waals surface area contributed by atoms with Gasteiger partial charge in [-0.2, -0.15) is 0 Å². The lowest BCUT2D eigenvalue weighted by atomic mass is 9.82. The summed E-state index contributed by atoms with van der Waals surface area (Å²) < 4.78 is 6.43. The molecule has 0 saturated carbocycles. The van der Waals surface area contributed by atoms with Gasteiger partial charge in [-0.1, -0.05) is 130 Å². The third-order valence-corrected chi connectivity index (χ3v) is 8.64. The van der Waals surface area contributed by atoms with Crippen molar-refractivity contribution in [2.45, 2.75) is 26.2 Å². The van der Waals surface area contributed by atoms with Gasteiger partial charge in [0.25, 0.3) is 0 Å². The molecule has 1 heterocycles. The predicted molar refractivity (Wildman–Crippen MR) is 174 cm³/mol. The summed E-state index contributed by atoms with van der Waals surface area (Å²) in [4.78, 5) is 0. The molecule has 0 unspecified atom stereocenters. The third kappa shape index (κ3) is 3.62. The van der Waals surface area contributed by atoms with Crippen molar-refractivity contribution in [1.29, 1.82) is 0 Å². The van der Waals surface area contributed by atoms with E-state index in [9.17, 15) is 0 Å².